The van der Waals surface area contributed by atoms with Gasteiger partial charge >= 0.3 is 5.97 Å². The number of hydrogen-bond acceptors (Lipinski definition) is 3. The summed E-state index contributed by atoms with van der Waals surface area (Å²) in [5, 5.41) is 9.09. The zero-order chi connectivity index (χ0) is 13.3. The van der Waals surface area contributed by atoms with E-state index in [1.165, 1.54) is 16.7 Å². The van der Waals surface area contributed by atoms with Crippen LogP contribution in [-0.4, -0.2) is 44.1 Å². The lowest BCUT2D eigenvalue weighted by Crippen LogP contribution is -2.42. The quantitative estimate of drug-likeness (QED) is 0.905. The highest BCUT2D eigenvalue weighted by molar-refractivity contribution is 7.99. The molecule has 2 rings (SSSR count). The van der Waals surface area contributed by atoms with Gasteiger partial charge in [-0.25, -0.2) is 4.79 Å². The number of carbonyl (C=O) groups excluding carboxylic acids is 1. The molecule has 1 saturated heterocycles. The minimum absolute atomic E-state index is 0.178. The summed E-state index contributed by atoms with van der Waals surface area (Å²) in [7, 11) is 0. The van der Waals surface area contributed by atoms with Crippen LogP contribution >= 0.6 is 11.8 Å². The molecule has 2 heterocycles. The summed E-state index contributed by atoms with van der Waals surface area (Å²) in [6.45, 7) is 3.98. The van der Waals surface area contributed by atoms with Gasteiger partial charge in [0.1, 0.15) is 11.7 Å². The fraction of sp³-hybridized carbons (Fsp3) is 0.500. The lowest BCUT2D eigenvalue weighted by atomic mass is 10.2. The van der Waals surface area contributed by atoms with Crippen LogP contribution in [0.4, 0.5) is 0 Å². The van der Waals surface area contributed by atoms with E-state index >= 15 is 0 Å². The van der Waals surface area contributed by atoms with Gasteiger partial charge in [-0.15, -0.1) is 11.8 Å². The number of nitrogens with zero attached hydrogens (tertiary/aromatic N) is 2. The van der Waals surface area contributed by atoms with Gasteiger partial charge in [0.25, 0.3) is 5.91 Å². The van der Waals surface area contributed by atoms with E-state index in [0.717, 1.165) is 0 Å². The molecule has 0 aromatic carbocycles. The minimum Gasteiger partial charge on any atom is -0.480 e. The van der Waals surface area contributed by atoms with Crippen molar-refractivity contribution in [3.63, 3.8) is 0 Å². The van der Waals surface area contributed by atoms with Gasteiger partial charge in [0.05, 0.1) is 5.88 Å². The Kier molecular flexibility index (Phi) is 3.65. The second-order valence-corrected chi connectivity index (χ2v) is 5.52. The van der Waals surface area contributed by atoms with Gasteiger partial charge in [-0.1, -0.05) is 0 Å². The molecule has 5 nitrogen and oxygen atoms in total. The van der Waals surface area contributed by atoms with Crippen molar-refractivity contribution >= 4 is 23.6 Å². The number of carboxylic acids is 1. The normalized spacial score (nSPS) is 19.5. The molecule has 0 saturated carbocycles. The number of carbonyl (C=O) groups is 2. The second kappa shape index (κ2) is 5.06. The first-order valence-corrected chi connectivity index (χ1v) is 6.96. The third-order valence-corrected chi connectivity index (χ3v) is 3.99. The maximum Gasteiger partial charge on any atom is 0.327 e. The van der Waals surface area contributed by atoms with E-state index < -0.39 is 12.0 Å². The molecule has 0 aliphatic carbocycles. The smallest absolute Gasteiger partial charge is 0.327 e. The van der Waals surface area contributed by atoms with Crippen LogP contribution in [-0.2, 0) is 4.79 Å². The average Bonchev–Trinajstić information content (AvgIpc) is 2.97. The van der Waals surface area contributed by atoms with Crippen molar-refractivity contribution in [1.29, 1.82) is 0 Å². The highest BCUT2D eigenvalue weighted by atomic mass is 32.2. The van der Waals surface area contributed by atoms with E-state index in [0.29, 0.717) is 17.3 Å². The van der Waals surface area contributed by atoms with Crippen molar-refractivity contribution in [3.8, 4) is 0 Å². The number of amides is 1. The first kappa shape index (κ1) is 13.0. The van der Waals surface area contributed by atoms with Crippen molar-refractivity contribution in [1.82, 2.24) is 9.47 Å². The van der Waals surface area contributed by atoms with Crippen LogP contribution < -0.4 is 0 Å². The summed E-state index contributed by atoms with van der Waals surface area (Å²) >= 11 is 1.47. The van der Waals surface area contributed by atoms with E-state index in [1.54, 1.807) is 6.07 Å². The molecule has 1 atom stereocenters. The minimum atomic E-state index is -0.934. The first-order chi connectivity index (χ1) is 8.52. The maximum absolute atomic E-state index is 12.4. The summed E-state index contributed by atoms with van der Waals surface area (Å²) in [6, 6.07) is 3.02. The predicted molar refractivity (Wildman–Crippen MR) is 69.7 cm³/mol. The molecule has 6 heteroatoms. The lowest BCUT2D eigenvalue weighted by molar-refractivity contribution is -0.140. The van der Waals surface area contributed by atoms with E-state index in [9.17, 15) is 9.59 Å². The Morgan fingerprint density at radius 2 is 2.22 bits per heavy atom. The summed E-state index contributed by atoms with van der Waals surface area (Å²) in [4.78, 5) is 24.9. The third kappa shape index (κ3) is 2.25. The second-order valence-electron chi connectivity index (χ2n) is 4.52. The molecule has 1 aliphatic rings. The van der Waals surface area contributed by atoms with Crippen molar-refractivity contribution in [2.75, 3.05) is 11.6 Å². The molecule has 0 radical (unpaired) electrons. The molecule has 1 aromatic heterocycles. The van der Waals surface area contributed by atoms with Crippen LogP contribution in [0, 0.1) is 0 Å². The van der Waals surface area contributed by atoms with Crippen molar-refractivity contribution < 1.29 is 14.7 Å². The van der Waals surface area contributed by atoms with Gasteiger partial charge < -0.3 is 14.6 Å². The monoisotopic (exact) mass is 268 g/mol. The molecule has 1 fully saturated rings. The molecule has 18 heavy (non-hydrogen) atoms. The van der Waals surface area contributed by atoms with E-state index in [1.807, 2.05) is 30.7 Å². The molecule has 0 bridgehead atoms. The summed E-state index contributed by atoms with van der Waals surface area (Å²) in [5.41, 5.74) is 0.554. The van der Waals surface area contributed by atoms with Crippen LogP contribution in [0.15, 0.2) is 18.3 Å². The Labute approximate surface area is 110 Å². The highest BCUT2D eigenvalue weighted by Gasteiger charge is 2.35. The maximum atomic E-state index is 12.4. The van der Waals surface area contributed by atoms with Crippen LogP contribution in [0.25, 0.3) is 0 Å². The Balaban J connectivity index is 2.25. The molecular formula is C12H16N2O3S. The first-order valence-electron chi connectivity index (χ1n) is 5.80. The number of thioether (sulfide) groups is 1. The van der Waals surface area contributed by atoms with Crippen LogP contribution in [0.2, 0.25) is 0 Å². The number of carboxylic acid groups (broad SMARTS) is 1. The average molecular weight is 268 g/mol. The summed E-state index contributed by atoms with van der Waals surface area (Å²) in [5.74, 6) is -0.232. The number of rotatable bonds is 3. The van der Waals surface area contributed by atoms with Crippen molar-refractivity contribution in [3.05, 3.63) is 24.0 Å². The van der Waals surface area contributed by atoms with Gasteiger partial charge in [0.2, 0.25) is 0 Å². The SMILES string of the molecule is CC(C)n1cccc1C(=O)N1CSC[C@H]1C(=O)O. The highest BCUT2D eigenvalue weighted by Crippen LogP contribution is 2.24. The van der Waals surface area contributed by atoms with Crippen molar-refractivity contribution in [2.24, 2.45) is 0 Å². The number of aromatic nitrogens is 1. The Hall–Kier alpha value is -1.43. The molecule has 1 aromatic rings. The Morgan fingerprint density at radius 3 is 2.83 bits per heavy atom. The van der Waals surface area contributed by atoms with Crippen molar-refractivity contribution in [2.45, 2.75) is 25.9 Å². The van der Waals surface area contributed by atoms with Crippen LogP contribution in [0.1, 0.15) is 30.4 Å². The molecule has 0 unspecified atom stereocenters. The van der Waals surface area contributed by atoms with Crippen LogP contribution in [0.5, 0.6) is 0 Å². The molecule has 98 valence electrons. The molecule has 1 aliphatic heterocycles. The summed E-state index contributed by atoms with van der Waals surface area (Å²) < 4.78 is 1.87. The van der Waals surface area contributed by atoms with Crippen LogP contribution in [0.3, 0.4) is 0 Å². The zero-order valence-electron chi connectivity index (χ0n) is 10.4. The standard InChI is InChI=1S/C12H16N2O3S/c1-8(2)13-5-3-4-9(13)11(15)14-7-18-6-10(14)12(16)17/h3-5,8,10H,6-7H2,1-2H3,(H,16,17)/t10-/m0/s1. The van der Waals surface area contributed by atoms with Gasteiger partial charge in [0.15, 0.2) is 0 Å². The lowest BCUT2D eigenvalue weighted by Gasteiger charge is -2.22. The Morgan fingerprint density at radius 1 is 1.50 bits per heavy atom. The zero-order valence-corrected chi connectivity index (χ0v) is 11.2. The predicted octanol–water partition coefficient (Wildman–Crippen LogP) is 1.67. The largest absolute Gasteiger partial charge is 0.480 e. The fourth-order valence-electron chi connectivity index (χ4n) is 2.02. The summed E-state index contributed by atoms with van der Waals surface area (Å²) in [6.07, 6.45) is 1.84. The number of hydrogen-bond donors (Lipinski definition) is 1. The van der Waals surface area contributed by atoms with E-state index in [4.69, 9.17) is 5.11 Å². The fourth-order valence-corrected chi connectivity index (χ4v) is 3.16. The molecular weight excluding hydrogens is 252 g/mol. The molecule has 0 spiro atoms. The van der Waals surface area contributed by atoms with Gasteiger partial charge in [-0.05, 0) is 26.0 Å². The number of aliphatic carboxylic acids is 1. The van der Waals surface area contributed by atoms with Gasteiger partial charge in [-0.2, -0.15) is 0 Å². The Bertz CT molecular complexity index is 470. The molecule has 1 amide bonds. The third-order valence-electron chi connectivity index (χ3n) is 2.98. The topological polar surface area (TPSA) is 62.5 Å². The van der Waals surface area contributed by atoms with Gasteiger partial charge in [-0.3, -0.25) is 4.79 Å². The van der Waals surface area contributed by atoms with E-state index in [2.05, 4.69) is 0 Å². The van der Waals surface area contributed by atoms with E-state index in [-0.39, 0.29) is 11.9 Å². The molecule has 1 N–H and O–H groups in total. The van der Waals surface area contributed by atoms with Gasteiger partial charge in [0, 0.05) is 18.0 Å².